The van der Waals surface area contributed by atoms with Gasteiger partial charge in [0, 0.05) is 8.80 Å². The van der Waals surface area contributed by atoms with Crippen LogP contribution in [0.5, 0.6) is 0 Å². The normalized spacial score (nSPS) is 17.2. The molecule has 0 atom stereocenters. The monoisotopic (exact) mass is 282 g/mol. The Morgan fingerprint density at radius 2 is 1.21 bits per heavy atom. The van der Waals surface area contributed by atoms with Crippen LogP contribution in [0.2, 0.25) is 17.6 Å². The minimum Gasteiger partial charge on any atom is -0.0654 e. The zero-order valence-corrected chi connectivity index (χ0v) is 14.9. The molecule has 1 aliphatic rings. The lowest BCUT2D eigenvalue weighted by Crippen LogP contribution is -2.22. The summed E-state index contributed by atoms with van der Waals surface area (Å²) in [5.74, 6) is 0. The van der Waals surface area contributed by atoms with Gasteiger partial charge in [0.1, 0.15) is 0 Å². The molecule has 0 bridgehead atoms. The van der Waals surface area contributed by atoms with Gasteiger partial charge in [-0.1, -0.05) is 109 Å². The van der Waals surface area contributed by atoms with Crippen molar-refractivity contribution in [1.29, 1.82) is 0 Å². The van der Waals surface area contributed by atoms with Crippen LogP contribution in [-0.2, 0) is 0 Å². The zero-order valence-electron chi connectivity index (χ0n) is 13.8. The van der Waals surface area contributed by atoms with Crippen molar-refractivity contribution in [2.45, 2.75) is 115 Å². The average molecular weight is 283 g/mol. The van der Waals surface area contributed by atoms with E-state index in [1.165, 1.54) is 50.5 Å². The van der Waals surface area contributed by atoms with Crippen LogP contribution < -0.4 is 0 Å². The van der Waals surface area contributed by atoms with Gasteiger partial charge >= 0.3 is 0 Å². The Bertz CT molecular complexity index is 172. The maximum atomic E-state index is 2.33. The Kier molecular flexibility index (Phi) is 10.9. The van der Waals surface area contributed by atoms with Crippen molar-refractivity contribution in [3.63, 3.8) is 0 Å². The summed E-state index contributed by atoms with van der Waals surface area (Å²) >= 11 is 0. The van der Waals surface area contributed by atoms with Crippen LogP contribution in [0.3, 0.4) is 0 Å². The summed E-state index contributed by atoms with van der Waals surface area (Å²) in [6.45, 7) is 4.67. The predicted octanol–water partition coefficient (Wildman–Crippen LogP) is 6.71. The molecule has 1 rings (SSSR count). The van der Waals surface area contributed by atoms with E-state index in [1.807, 2.05) is 0 Å². The third-order valence-electron chi connectivity index (χ3n) is 5.17. The summed E-state index contributed by atoms with van der Waals surface area (Å²) in [6.07, 6.45) is 19.8. The zero-order chi connectivity index (χ0) is 13.8. The highest BCUT2D eigenvalue weighted by Gasteiger charge is 2.23. The van der Waals surface area contributed by atoms with Gasteiger partial charge in [-0.25, -0.2) is 0 Å². The molecular formula is C18H38Si. The second-order valence-corrected chi connectivity index (χ2v) is 10.5. The Morgan fingerprint density at radius 1 is 0.684 bits per heavy atom. The summed E-state index contributed by atoms with van der Waals surface area (Å²) in [4.78, 5) is 0. The maximum absolute atomic E-state index is 2.33. The van der Waals surface area contributed by atoms with Crippen LogP contribution in [0.4, 0.5) is 0 Å². The molecule has 1 saturated carbocycles. The number of rotatable bonds is 11. The molecule has 1 aliphatic carbocycles. The molecular weight excluding hydrogens is 244 g/mol. The molecule has 0 aromatic rings. The maximum Gasteiger partial charge on any atom is 0.0399 e. The molecule has 1 fully saturated rings. The summed E-state index contributed by atoms with van der Waals surface area (Å²) < 4.78 is 0. The Morgan fingerprint density at radius 3 is 1.68 bits per heavy atom. The van der Waals surface area contributed by atoms with Crippen molar-refractivity contribution in [1.82, 2.24) is 0 Å². The Balaban J connectivity index is 2.24. The van der Waals surface area contributed by atoms with Crippen LogP contribution in [0, 0.1) is 0 Å². The van der Waals surface area contributed by atoms with Crippen LogP contribution >= 0.6 is 0 Å². The van der Waals surface area contributed by atoms with E-state index in [0.29, 0.717) is 0 Å². The van der Waals surface area contributed by atoms with Gasteiger partial charge in [0.15, 0.2) is 0 Å². The summed E-state index contributed by atoms with van der Waals surface area (Å²) in [7, 11) is -0.400. The summed E-state index contributed by atoms with van der Waals surface area (Å²) in [5.41, 5.74) is 1.23. The molecule has 0 aromatic carbocycles. The van der Waals surface area contributed by atoms with Gasteiger partial charge in [0.25, 0.3) is 0 Å². The molecule has 114 valence electrons. The van der Waals surface area contributed by atoms with Gasteiger partial charge in [0.2, 0.25) is 0 Å². The predicted molar refractivity (Wildman–Crippen MR) is 91.9 cm³/mol. The quantitative estimate of drug-likeness (QED) is 0.292. The number of hydrogen-bond donors (Lipinski definition) is 0. The van der Waals surface area contributed by atoms with E-state index in [9.17, 15) is 0 Å². The Hall–Kier alpha value is 0.217. The van der Waals surface area contributed by atoms with Crippen molar-refractivity contribution in [3.8, 4) is 0 Å². The lowest BCUT2D eigenvalue weighted by Gasteiger charge is -2.29. The topological polar surface area (TPSA) is 0 Å². The highest BCUT2D eigenvalue weighted by atomic mass is 28.3. The van der Waals surface area contributed by atoms with Crippen LogP contribution in [0.15, 0.2) is 0 Å². The third-order valence-corrected chi connectivity index (χ3v) is 9.47. The van der Waals surface area contributed by atoms with E-state index in [0.717, 1.165) is 0 Å². The third kappa shape index (κ3) is 8.17. The van der Waals surface area contributed by atoms with Gasteiger partial charge in [-0.05, 0) is 5.54 Å². The molecule has 0 spiro atoms. The van der Waals surface area contributed by atoms with Crippen molar-refractivity contribution in [2.24, 2.45) is 0 Å². The van der Waals surface area contributed by atoms with Crippen molar-refractivity contribution < 1.29 is 0 Å². The Labute approximate surface area is 124 Å². The van der Waals surface area contributed by atoms with Gasteiger partial charge in [0.05, 0.1) is 0 Å². The summed E-state index contributed by atoms with van der Waals surface area (Å²) in [6, 6.07) is 3.35. The van der Waals surface area contributed by atoms with Gasteiger partial charge < -0.3 is 0 Å². The lowest BCUT2D eigenvalue weighted by molar-refractivity contribution is 0.492. The second-order valence-electron chi connectivity index (χ2n) is 6.86. The number of unbranched alkanes of at least 4 members (excludes halogenated alkanes) is 6. The molecule has 0 heterocycles. The molecule has 0 N–H and O–H groups in total. The van der Waals surface area contributed by atoms with Crippen LogP contribution in [-0.4, -0.2) is 8.80 Å². The first kappa shape index (κ1) is 17.3. The van der Waals surface area contributed by atoms with Crippen LogP contribution in [0.1, 0.15) is 97.3 Å². The minimum absolute atomic E-state index is 0.400. The van der Waals surface area contributed by atoms with Crippen LogP contribution in [0.25, 0.3) is 0 Å². The molecule has 0 saturated heterocycles. The van der Waals surface area contributed by atoms with E-state index < -0.39 is 8.80 Å². The van der Waals surface area contributed by atoms with Crippen molar-refractivity contribution in [3.05, 3.63) is 0 Å². The molecule has 0 nitrogen and oxygen atoms in total. The van der Waals surface area contributed by atoms with Gasteiger partial charge in [-0.3, -0.25) is 0 Å². The van der Waals surface area contributed by atoms with E-state index in [2.05, 4.69) is 13.8 Å². The van der Waals surface area contributed by atoms with Crippen molar-refractivity contribution in [2.75, 3.05) is 0 Å². The highest BCUT2D eigenvalue weighted by molar-refractivity contribution is 6.60. The minimum atomic E-state index is -0.400. The van der Waals surface area contributed by atoms with E-state index >= 15 is 0 Å². The fourth-order valence-corrected chi connectivity index (χ4v) is 8.16. The first-order valence-electron chi connectivity index (χ1n) is 9.38. The molecule has 19 heavy (non-hydrogen) atoms. The molecule has 0 amide bonds. The van der Waals surface area contributed by atoms with E-state index in [-0.39, 0.29) is 0 Å². The SMILES string of the molecule is CCCCCC[SiH](CCCCCC)C1CCCCC1. The number of hydrogen-bond acceptors (Lipinski definition) is 0. The van der Waals surface area contributed by atoms with Crippen molar-refractivity contribution >= 4 is 8.80 Å². The molecule has 1 heteroatoms. The summed E-state index contributed by atoms with van der Waals surface area (Å²) in [5, 5.41) is 0. The van der Waals surface area contributed by atoms with Gasteiger partial charge in [-0.15, -0.1) is 0 Å². The fraction of sp³-hybridized carbons (Fsp3) is 1.00. The smallest absolute Gasteiger partial charge is 0.0399 e. The van der Waals surface area contributed by atoms with Gasteiger partial charge in [-0.2, -0.15) is 0 Å². The highest BCUT2D eigenvalue weighted by Crippen LogP contribution is 2.35. The second kappa shape index (κ2) is 12.0. The fourth-order valence-electron chi connectivity index (χ4n) is 3.89. The largest absolute Gasteiger partial charge is 0.0654 e. The standard InChI is InChI=1S/C18H38Si/c1-3-5-7-12-16-19(17-13-8-6-4-2)18-14-10-9-11-15-18/h18-19H,3-17H2,1-2H3. The lowest BCUT2D eigenvalue weighted by atomic mass is 10.0. The molecule has 0 aliphatic heterocycles. The average Bonchev–Trinajstić information content (AvgIpc) is 2.46. The molecule has 0 radical (unpaired) electrons. The first-order chi connectivity index (χ1) is 9.38. The molecule has 0 aromatic heterocycles. The van der Waals surface area contributed by atoms with E-state index in [1.54, 1.807) is 50.6 Å². The first-order valence-corrected chi connectivity index (χ1v) is 11.7. The van der Waals surface area contributed by atoms with E-state index in [4.69, 9.17) is 0 Å². The molecule has 0 unspecified atom stereocenters.